The highest BCUT2D eigenvalue weighted by Crippen LogP contribution is 2.27. The van der Waals surface area contributed by atoms with Crippen molar-refractivity contribution in [1.29, 1.82) is 0 Å². The SMILES string of the molecule is CC(C)(C)OC(=O)N[C@H](C(=O)N1CCCC1C(=O)NC1CC(=O)OC1OCc1ccccc1)C(C)(C)C. The highest BCUT2D eigenvalue weighted by molar-refractivity contribution is 5.92. The van der Waals surface area contributed by atoms with Crippen LogP contribution in [0.1, 0.15) is 66.4 Å². The summed E-state index contributed by atoms with van der Waals surface area (Å²) in [4.78, 5) is 52.8. The monoisotopic (exact) mass is 517 g/mol. The first-order valence-electron chi connectivity index (χ1n) is 12.7. The van der Waals surface area contributed by atoms with E-state index in [1.807, 2.05) is 51.1 Å². The van der Waals surface area contributed by atoms with Gasteiger partial charge in [-0.15, -0.1) is 0 Å². The lowest BCUT2D eigenvalue weighted by Crippen LogP contribution is -2.59. The Bertz CT molecular complexity index is 984. The number of hydrogen-bond acceptors (Lipinski definition) is 7. The predicted molar refractivity (Wildman–Crippen MR) is 135 cm³/mol. The van der Waals surface area contributed by atoms with Crippen LogP contribution in [-0.2, 0) is 35.2 Å². The molecule has 4 atom stereocenters. The van der Waals surface area contributed by atoms with E-state index in [1.54, 1.807) is 20.8 Å². The van der Waals surface area contributed by atoms with Gasteiger partial charge in [0.2, 0.25) is 18.1 Å². The van der Waals surface area contributed by atoms with Gasteiger partial charge in [-0.05, 0) is 44.6 Å². The van der Waals surface area contributed by atoms with Crippen molar-refractivity contribution in [3.05, 3.63) is 35.9 Å². The van der Waals surface area contributed by atoms with E-state index >= 15 is 0 Å². The Labute approximate surface area is 218 Å². The third-order valence-electron chi connectivity index (χ3n) is 6.16. The van der Waals surface area contributed by atoms with Gasteiger partial charge in [-0.3, -0.25) is 14.4 Å². The average Bonchev–Trinajstić information content (AvgIpc) is 3.41. The van der Waals surface area contributed by atoms with E-state index in [1.165, 1.54) is 4.90 Å². The van der Waals surface area contributed by atoms with Crippen LogP contribution < -0.4 is 10.6 Å². The van der Waals surface area contributed by atoms with Crippen molar-refractivity contribution in [3.63, 3.8) is 0 Å². The average molecular weight is 518 g/mol. The summed E-state index contributed by atoms with van der Waals surface area (Å²) in [6, 6.07) is 7.15. The molecule has 3 unspecified atom stereocenters. The molecule has 2 saturated heterocycles. The van der Waals surface area contributed by atoms with Crippen LogP contribution in [0.5, 0.6) is 0 Å². The second-order valence-electron chi connectivity index (χ2n) is 11.6. The van der Waals surface area contributed by atoms with E-state index in [2.05, 4.69) is 10.6 Å². The molecular weight excluding hydrogens is 478 g/mol. The quantitative estimate of drug-likeness (QED) is 0.533. The van der Waals surface area contributed by atoms with Crippen LogP contribution in [0.2, 0.25) is 0 Å². The highest BCUT2D eigenvalue weighted by Gasteiger charge is 2.44. The van der Waals surface area contributed by atoms with Gasteiger partial charge in [0.25, 0.3) is 0 Å². The van der Waals surface area contributed by atoms with E-state index in [0.29, 0.717) is 19.4 Å². The van der Waals surface area contributed by atoms with E-state index in [9.17, 15) is 19.2 Å². The first kappa shape index (κ1) is 28.4. The Hall–Kier alpha value is -3.14. The molecule has 0 radical (unpaired) electrons. The van der Waals surface area contributed by atoms with Crippen LogP contribution in [0.25, 0.3) is 0 Å². The van der Waals surface area contributed by atoms with Crippen LogP contribution in [0.4, 0.5) is 4.79 Å². The number of carbonyl (C=O) groups excluding carboxylic acids is 4. The Balaban J connectivity index is 1.66. The zero-order chi connectivity index (χ0) is 27.4. The number of rotatable bonds is 7. The number of amides is 3. The van der Waals surface area contributed by atoms with Crippen molar-refractivity contribution in [2.75, 3.05) is 6.54 Å². The molecule has 3 rings (SSSR count). The number of nitrogens with one attached hydrogen (secondary N) is 2. The molecule has 0 bridgehead atoms. The van der Waals surface area contributed by atoms with Gasteiger partial charge in [0.15, 0.2) is 0 Å². The number of likely N-dealkylation sites (tertiary alicyclic amines) is 1. The van der Waals surface area contributed by atoms with Gasteiger partial charge < -0.3 is 29.7 Å². The minimum Gasteiger partial charge on any atom is -0.444 e. The standard InChI is InChI=1S/C27H39N3O7/c1-26(2,3)21(29-25(34)37-27(4,5)6)23(33)30-14-10-13-19(30)22(32)28-18-15-20(31)36-24(18)35-16-17-11-8-7-9-12-17/h7-9,11-12,18-19,21,24H,10,13-16H2,1-6H3,(H,28,32)(H,29,34)/t18?,19?,21-,24?/m1/s1. The van der Waals surface area contributed by atoms with Crippen molar-refractivity contribution >= 4 is 23.9 Å². The summed E-state index contributed by atoms with van der Waals surface area (Å²) in [5, 5.41) is 5.56. The number of cyclic esters (lactones) is 1. The smallest absolute Gasteiger partial charge is 0.408 e. The molecule has 1 aromatic carbocycles. The third-order valence-corrected chi connectivity index (χ3v) is 6.16. The summed E-state index contributed by atoms with van der Waals surface area (Å²) < 4.78 is 16.4. The Morgan fingerprint density at radius 1 is 1.11 bits per heavy atom. The van der Waals surface area contributed by atoms with Crippen LogP contribution in [0, 0.1) is 5.41 Å². The predicted octanol–water partition coefficient (Wildman–Crippen LogP) is 2.89. The number of hydrogen-bond donors (Lipinski definition) is 2. The normalized spacial score (nSPS) is 22.8. The molecule has 2 fully saturated rings. The van der Waals surface area contributed by atoms with Gasteiger partial charge in [-0.1, -0.05) is 51.1 Å². The molecule has 2 heterocycles. The second kappa shape index (κ2) is 11.5. The molecule has 0 saturated carbocycles. The zero-order valence-electron chi connectivity index (χ0n) is 22.5. The zero-order valence-corrected chi connectivity index (χ0v) is 22.5. The maximum absolute atomic E-state index is 13.6. The van der Waals surface area contributed by atoms with Crippen LogP contribution in [0.3, 0.4) is 0 Å². The largest absolute Gasteiger partial charge is 0.444 e. The minimum atomic E-state index is -0.918. The summed E-state index contributed by atoms with van der Waals surface area (Å²) in [7, 11) is 0. The van der Waals surface area contributed by atoms with Crippen LogP contribution >= 0.6 is 0 Å². The first-order chi connectivity index (χ1) is 17.2. The molecule has 3 amide bonds. The molecule has 2 aliphatic rings. The van der Waals surface area contributed by atoms with Crippen molar-refractivity contribution in [2.24, 2.45) is 5.41 Å². The van der Waals surface area contributed by atoms with Crippen LogP contribution in [0.15, 0.2) is 30.3 Å². The molecular formula is C27H39N3O7. The van der Waals surface area contributed by atoms with Crippen molar-refractivity contribution in [3.8, 4) is 0 Å². The fourth-order valence-corrected chi connectivity index (χ4v) is 4.38. The molecule has 2 aliphatic heterocycles. The minimum absolute atomic E-state index is 0.0172. The molecule has 0 aromatic heterocycles. The lowest BCUT2D eigenvalue weighted by atomic mass is 9.85. The lowest BCUT2D eigenvalue weighted by molar-refractivity contribution is -0.168. The Morgan fingerprint density at radius 3 is 2.41 bits per heavy atom. The summed E-state index contributed by atoms with van der Waals surface area (Å²) >= 11 is 0. The Kier molecular flexibility index (Phi) is 8.84. The Morgan fingerprint density at radius 2 is 1.78 bits per heavy atom. The van der Waals surface area contributed by atoms with Gasteiger partial charge >= 0.3 is 12.1 Å². The number of esters is 1. The molecule has 37 heavy (non-hydrogen) atoms. The molecule has 1 aromatic rings. The molecule has 0 aliphatic carbocycles. The lowest BCUT2D eigenvalue weighted by Gasteiger charge is -2.36. The van der Waals surface area contributed by atoms with Crippen molar-refractivity contribution < 1.29 is 33.4 Å². The van der Waals surface area contributed by atoms with E-state index in [0.717, 1.165) is 5.56 Å². The summed E-state index contributed by atoms with van der Waals surface area (Å²) in [5.41, 5.74) is -0.431. The molecule has 0 spiro atoms. The second-order valence-corrected chi connectivity index (χ2v) is 11.6. The van der Waals surface area contributed by atoms with Gasteiger partial charge in [-0.2, -0.15) is 0 Å². The third kappa shape index (κ3) is 7.92. The first-order valence-corrected chi connectivity index (χ1v) is 12.7. The fourth-order valence-electron chi connectivity index (χ4n) is 4.38. The molecule has 204 valence electrons. The summed E-state index contributed by atoms with van der Waals surface area (Å²) in [6.07, 6.45) is -0.519. The number of nitrogens with zero attached hydrogens (tertiary/aromatic N) is 1. The molecule has 2 N–H and O–H groups in total. The van der Waals surface area contributed by atoms with E-state index in [-0.39, 0.29) is 24.8 Å². The number of ether oxygens (including phenoxy) is 3. The van der Waals surface area contributed by atoms with Gasteiger partial charge in [0, 0.05) is 6.54 Å². The summed E-state index contributed by atoms with van der Waals surface area (Å²) in [6.45, 7) is 11.4. The summed E-state index contributed by atoms with van der Waals surface area (Å²) in [5.74, 6) is -1.20. The van der Waals surface area contributed by atoms with Crippen molar-refractivity contribution in [1.82, 2.24) is 15.5 Å². The highest BCUT2D eigenvalue weighted by atomic mass is 16.7. The molecule has 10 nitrogen and oxygen atoms in total. The number of benzene rings is 1. The number of alkyl carbamates (subject to hydrolysis) is 1. The maximum atomic E-state index is 13.6. The maximum Gasteiger partial charge on any atom is 0.408 e. The van der Waals surface area contributed by atoms with E-state index < -0.39 is 47.5 Å². The number of carbonyl (C=O) groups is 4. The van der Waals surface area contributed by atoms with E-state index in [4.69, 9.17) is 14.2 Å². The van der Waals surface area contributed by atoms with Crippen LogP contribution in [-0.4, -0.2) is 65.3 Å². The topological polar surface area (TPSA) is 123 Å². The fraction of sp³-hybridized carbons (Fsp3) is 0.630. The molecule has 10 heteroatoms. The van der Waals surface area contributed by atoms with Gasteiger partial charge in [0.05, 0.1) is 13.0 Å². The van der Waals surface area contributed by atoms with Gasteiger partial charge in [0.1, 0.15) is 23.7 Å². The van der Waals surface area contributed by atoms with Gasteiger partial charge in [-0.25, -0.2) is 4.79 Å². The van der Waals surface area contributed by atoms with Crippen molar-refractivity contribution in [2.45, 2.75) is 97.4 Å².